The van der Waals surface area contributed by atoms with E-state index in [4.69, 9.17) is 4.74 Å². The van der Waals surface area contributed by atoms with Crippen molar-refractivity contribution in [1.29, 1.82) is 0 Å². The molecule has 1 fully saturated rings. The van der Waals surface area contributed by atoms with Crippen LogP contribution in [0.15, 0.2) is 6.20 Å². The number of likely N-dealkylation sites (N-methyl/N-ethyl adjacent to an activating group) is 1. The van der Waals surface area contributed by atoms with E-state index in [1.165, 1.54) is 0 Å². The summed E-state index contributed by atoms with van der Waals surface area (Å²) in [5.74, 6) is -0.0251. The Labute approximate surface area is 143 Å². The Kier molecular flexibility index (Phi) is 5.20. The molecule has 0 N–H and O–H groups in total. The van der Waals surface area contributed by atoms with Crippen LogP contribution in [0.5, 0.6) is 0 Å². The molecule has 1 aliphatic heterocycles. The number of piperidine rings is 1. The Morgan fingerprint density at radius 2 is 2.04 bits per heavy atom. The van der Waals surface area contributed by atoms with E-state index >= 15 is 0 Å². The Hall–Kier alpha value is -2.05. The lowest BCUT2D eigenvalue weighted by Crippen LogP contribution is -2.51. The topological polar surface area (TPSA) is 67.7 Å². The van der Waals surface area contributed by atoms with Gasteiger partial charge in [0.15, 0.2) is 0 Å². The first-order valence-electron chi connectivity index (χ1n) is 8.34. The van der Waals surface area contributed by atoms with Crippen LogP contribution < -0.4 is 0 Å². The molecule has 2 rings (SSSR count). The van der Waals surface area contributed by atoms with Crippen LogP contribution in [-0.4, -0.2) is 63.4 Å². The molecule has 1 aromatic rings. The zero-order valence-electron chi connectivity index (χ0n) is 15.5. The zero-order valence-corrected chi connectivity index (χ0v) is 15.5. The third-order valence-electron chi connectivity index (χ3n) is 4.38. The lowest BCUT2D eigenvalue weighted by Gasteiger charge is -2.38. The van der Waals surface area contributed by atoms with Crippen LogP contribution in [0, 0.1) is 6.92 Å². The lowest BCUT2D eigenvalue weighted by atomic mass is 10.0. The molecule has 0 saturated carbocycles. The van der Waals surface area contributed by atoms with Crippen molar-refractivity contribution in [2.45, 2.75) is 52.2 Å². The van der Waals surface area contributed by atoms with Crippen molar-refractivity contribution in [2.75, 3.05) is 20.1 Å². The SMILES string of the molecule is Cc1c(C(=O)N2CCC[C@H](N(C)C(=O)OC(C)(C)C)C2)cnn1C. The standard InChI is InChI=1S/C17H28N4O3/c1-12-14(10-18-20(12)6)15(22)21-9-7-8-13(11-21)19(5)16(23)24-17(2,3)4/h10,13H,7-9,11H2,1-6H3/t13-/m0/s1. The monoisotopic (exact) mass is 336 g/mol. The average molecular weight is 336 g/mol. The summed E-state index contributed by atoms with van der Waals surface area (Å²) in [6, 6.07) is -0.0328. The van der Waals surface area contributed by atoms with Gasteiger partial charge >= 0.3 is 6.09 Å². The summed E-state index contributed by atoms with van der Waals surface area (Å²) < 4.78 is 7.12. The van der Waals surface area contributed by atoms with Crippen LogP contribution in [0.3, 0.4) is 0 Å². The van der Waals surface area contributed by atoms with Crippen molar-refractivity contribution in [3.8, 4) is 0 Å². The minimum absolute atomic E-state index is 0.0251. The maximum atomic E-state index is 12.7. The summed E-state index contributed by atoms with van der Waals surface area (Å²) in [7, 11) is 3.56. The van der Waals surface area contributed by atoms with Gasteiger partial charge in [-0.15, -0.1) is 0 Å². The van der Waals surface area contributed by atoms with Gasteiger partial charge in [-0.05, 0) is 40.5 Å². The van der Waals surface area contributed by atoms with E-state index in [0.29, 0.717) is 18.7 Å². The van der Waals surface area contributed by atoms with Gasteiger partial charge in [-0.25, -0.2) is 4.79 Å². The Balaban J connectivity index is 2.05. The molecule has 0 bridgehead atoms. The number of aromatic nitrogens is 2. The molecule has 0 aromatic carbocycles. The second-order valence-electron chi connectivity index (χ2n) is 7.41. The molecular weight excluding hydrogens is 308 g/mol. The van der Waals surface area contributed by atoms with Gasteiger partial charge in [-0.2, -0.15) is 5.10 Å². The maximum Gasteiger partial charge on any atom is 0.410 e. The van der Waals surface area contributed by atoms with Crippen molar-refractivity contribution in [3.05, 3.63) is 17.5 Å². The fourth-order valence-corrected chi connectivity index (χ4v) is 2.82. The molecular formula is C17H28N4O3. The number of hydrogen-bond donors (Lipinski definition) is 0. The predicted octanol–water partition coefficient (Wildman–Crippen LogP) is 2.20. The van der Waals surface area contributed by atoms with E-state index in [-0.39, 0.29) is 18.0 Å². The summed E-state index contributed by atoms with van der Waals surface area (Å²) >= 11 is 0. The van der Waals surface area contributed by atoms with Crippen LogP contribution in [0.4, 0.5) is 4.79 Å². The summed E-state index contributed by atoms with van der Waals surface area (Å²) in [6.45, 7) is 8.64. The smallest absolute Gasteiger partial charge is 0.410 e. The maximum absolute atomic E-state index is 12.7. The van der Waals surface area contributed by atoms with E-state index in [9.17, 15) is 9.59 Å². The van der Waals surface area contributed by atoms with E-state index in [2.05, 4.69) is 5.10 Å². The van der Waals surface area contributed by atoms with Gasteiger partial charge < -0.3 is 14.5 Å². The number of ether oxygens (including phenoxy) is 1. The number of likely N-dealkylation sites (tertiary alicyclic amines) is 1. The van der Waals surface area contributed by atoms with Crippen molar-refractivity contribution in [1.82, 2.24) is 19.6 Å². The molecule has 1 saturated heterocycles. The minimum atomic E-state index is -0.525. The predicted molar refractivity (Wildman–Crippen MR) is 90.9 cm³/mol. The average Bonchev–Trinajstić information content (AvgIpc) is 2.84. The van der Waals surface area contributed by atoms with Crippen LogP contribution >= 0.6 is 0 Å². The molecule has 1 aromatic heterocycles. The number of carbonyl (C=O) groups excluding carboxylic acids is 2. The molecule has 0 aliphatic carbocycles. The second-order valence-corrected chi connectivity index (χ2v) is 7.41. The minimum Gasteiger partial charge on any atom is -0.444 e. The molecule has 134 valence electrons. The third kappa shape index (κ3) is 4.07. The molecule has 24 heavy (non-hydrogen) atoms. The zero-order chi connectivity index (χ0) is 18.1. The van der Waals surface area contributed by atoms with Gasteiger partial charge in [0.05, 0.1) is 17.8 Å². The molecule has 0 radical (unpaired) electrons. The summed E-state index contributed by atoms with van der Waals surface area (Å²) in [6.07, 6.45) is 2.99. The molecule has 2 amide bonds. The largest absolute Gasteiger partial charge is 0.444 e. The molecule has 1 aliphatic rings. The van der Waals surface area contributed by atoms with Gasteiger partial charge in [0, 0.05) is 32.9 Å². The van der Waals surface area contributed by atoms with E-state index in [1.54, 1.807) is 27.7 Å². The van der Waals surface area contributed by atoms with Crippen LogP contribution in [0.2, 0.25) is 0 Å². The number of nitrogens with zero attached hydrogens (tertiary/aromatic N) is 4. The van der Waals surface area contributed by atoms with E-state index in [0.717, 1.165) is 18.5 Å². The van der Waals surface area contributed by atoms with Gasteiger partial charge in [0.2, 0.25) is 0 Å². The first-order valence-corrected chi connectivity index (χ1v) is 8.34. The first kappa shape index (κ1) is 18.3. The molecule has 7 heteroatoms. The fraction of sp³-hybridized carbons (Fsp3) is 0.706. The molecule has 7 nitrogen and oxygen atoms in total. The highest BCUT2D eigenvalue weighted by atomic mass is 16.6. The lowest BCUT2D eigenvalue weighted by molar-refractivity contribution is 0.0131. The van der Waals surface area contributed by atoms with Gasteiger partial charge in [-0.1, -0.05) is 0 Å². The van der Waals surface area contributed by atoms with Gasteiger partial charge in [0.1, 0.15) is 5.60 Å². The highest BCUT2D eigenvalue weighted by Crippen LogP contribution is 2.20. The molecule has 0 unspecified atom stereocenters. The number of rotatable bonds is 2. The van der Waals surface area contributed by atoms with Crippen molar-refractivity contribution in [2.24, 2.45) is 7.05 Å². The Morgan fingerprint density at radius 1 is 1.38 bits per heavy atom. The number of amides is 2. The Morgan fingerprint density at radius 3 is 2.58 bits per heavy atom. The third-order valence-corrected chi connectivity index (χ3v) is 4.38. The van der Waals surface area contributed by atoms with E-state index in [1.807, 2.05) is 34.7 Å². The van der Waals surface area contributed by atoms with Crippen molar-refractivity contribution < 1.29 is 14.3 Å². The number of aryl methyl sites for hydroxylation is 1. The van der Waals surface area contributed by atoms with Crippen molar-refractivity contribution in [3.63, 3.8) is 0 Å². The molecule has 0 spiro atoms. The van der Waals surface area contributed by atoms with Crippen molar-refractivity contribution >= 4 is 12.0 Å². The number of carbonyl (C=O) groups is 2. The molecule has 2 heterocycles. The Bertz CT molecular complexity index is 618. The molecule has 1 atom stereocenters. The van der Waals surface area contributed by atoms with Crippen LogP contribution in [0.1, 0.15) is 49.7 Å². The van der Waals surface area contributed by atoms with Gasteiger partial charge in [0.25, 0.3) is 5.91 Å². The first-order chi connectivity index (χ1) is 11.1. The fourth-order valence-electron chi connectivity index (χ4n) is 2.82. The summed E-state index contributed by atoms with van der Waals surface area (Å²) in [4.78, 5) is 28.4. The second kappa shape index (κ2) is 6.83. The normalized spacial score (nSPS) is 18.4. The quantitative estimate of drug-likeness (QED) is 0.830. The van der Waals surface area contributed by atoms with Gasteiger partial charge in [-0.3, -0.25) is 9.48 Å². The highest BCUT2D eigenvalue weighted by Gasteiger charge is 2.32. The highest BCUT2D eigenvalue weighted by molar-refractivity contribution is 5.95. The van der Waals surface area contributed by atoms with Crippen LogP contribution in [-0.2, 0) is 11.8 Å². The van der Waals surface area contributed by atoms with Crippen LogP contribution in [0.25, 0.3) is 0 Å². The summed E-state index contributed by atoms with van der Waals surface area (Å²) in [5, 5.41) is 4.14. The number of hydrogen-bond acceptors (Lipinski definition) is 4. The summed E-state index contributed by atoms with van der Waals surface area (Å²) in [5.41, 5.74) is 0.947. The van der Waals surface area contributed by atoms with E-state index < -0.39 is 5.60 Å².